The van der Waals surface area contributed by atoms with Crippen molar-refractivity contribution in [1.82, 2.24) is 0 Å². The summed E-state index contributed by atoms with van der Waals surface area (Å²) in [7, 11) is 0. The first-order valence-corrected chi connectivity index (χ1v) is 48.1. The molecule has 682 valence electrons. The maximum absolute atomic E-state index is 12.7. The van der Waals surface area contributed by atoms with Crippen LogP contribution < -0.4 is 62.7 Å². The number of hydrogen-bond acceptors (Lipinski definition) is 11. The number of carbonyl (C=O) groups is 2. The average Bonchev–Trinajstić information content (AvgIpc) is 1.56. The van der Waals surface area contributed by atoms with E-state index in [9.17, 15) is 14.7 Å². The van der Waals surface area contributed by atoms with Gasteiger partial charge in [-0.15, -0.1) is 0 Å². The number of rotatable bonds is 23. The molecule has 0 fully saturated rings. The second kappa shape index (κ2) is 40.2. The minimum Gasteiger partial charge on any atom is -1.00 e. The summed E-state index contributed by atoms with van der Waals surface area (Å²) in [5.41, 5.74) is 25.4. The minimum absolute atomic E-state index is 0. The Morgan fingerprint density at radius 2 is 0.500 bits per heavy atom. The van der Waals surface area contributed by atoms with Gasteiger partial charge in [0.25, 0.3) is 0 Å². The zero-order valence-electron chi connectivity index (χ0n) is 85.0. The standard InChI is InChI=1S/C56H76O5.C53H72O4.C4H7BrO2.Na.H/c1-17-20-58-49-38-23-36-25-41(52(5,6)7)26-37(48(36)61-34-35(4)57)24-39-28-43(54(11,12)13)31-46(50(39)59-21-18-2)56(45(49)30-42(27-38)53(8,9)10)33-40-29-44(55(14,15)16)32-47(56)51(40)60-22-19-3;1-16-19-55-46-35-22-33-24-38(49(4,5)6)25-34(45(33)54)23-36-27-40(51(10,11)12)30-43(47(36)56-20-17-2)53(42(46)29-39(26-35)50(7,8)9)32-37-28-41(52(13,14)15)31-44(53)48(37)57-21-18-3;1-2-7-4(6)3-5;;/h25-32H,17-24,33-34H2,1-16H3;24-31,54H,16-23,32H2,1-15H3;2-3H2,1H3;;/q;;;+1;-1. The summed E-state index contributed by atoms with van der Waals surface area (Å²) in [6.07, 6.45) is 9.05. The number of benzene rings is 8. The third kappa shape index (κ3) is 22.3. The van der Waals surface area contributed by atoms with E-state index in [2.05, 4.69) is 325 Å². The van der Waals surface area contributed by atoms with Gasteiger partial charge in [0, 0.05) is 59.1 Å². The Labute approximate surface area is 792 Å². The van der Waals surface area contributed by atoms with E-state index in [0.717, 1.165) is 158 Å². The van der Waals surface area contributed by atoms with Gasteiger partial charge in [0.15, 0.2) is 5.78 Å². The van der Waals surface area contributed by atoms with Crippen LogP contribution in [0, 0.1) is 0 Å². The molecule has 4 aliphatic rings. The zero-order chi connectivity index (χ0) is 92.4. The van der Waals surface area contributed by atoms with Crippen LogP contribution in [-0.2, 0) is 107 Å². The van der Waals surface area contributed by atoms with E-state index in [4.69, 9.17) is 33.2 Å². The summed E-state index contributed by atoms with van der Waals surface area (Å²) >= 11 is 2.94. The van der Waals surface area contributed by atoms with Crippen molar-refractivity contribution in [3.63, 3.8) is 0 Å². The van der Waals surface area contributed by atoms with Crippen molar-refractivity contribution >= 4 is 27.7 Å². The monoisotopic (exact) mass is 1790 g/mol. The molecule has 4 aliphatic carbocycles. The molecule has 13 heteroatoms. The van der Waals surface area contributed by atoms with Gasteiger partial charge in [-0.1, -0.05) is 321 Å². The number of hydrogen-bond donors (Lipinski definition) is 1. The molecule has 1 N–H and O–H groups in total. The van der Waals surface area contributed by atoms with Crippen LogP contribution in [0.2, 0.25) is 0 Å². The van der Waals surface area contributed by atoms with E-state index < -0.39 is 10.8 Å². The predicted octanol–water partition coefficient (Wildman–Crippen LogP) is 25.0. The molecule has 8 aromatic carbocycles. The maximum Gasteiger partial charge on any atom is 1.00 e. The molecular weight excluding hydrogens is 1640 g/mol. The van der Waals surface area contributed by atoms with Gasteiger partial charge in [0.1, 0.15) is 57.9 Å². The van der Waals surface area contributed by atoms with Crippen molar-refractivity contribution in [2.24, 2.45) is 0 Å². The van der Waals surface area contributed by atoms with Crippen molar-refractivity contribution in [2.45, 2.75) is 353 Å². The molecule has 126 heavy (non-hydrogen) atoms. The third-order valence-corrected chi connectivity index (χ3v) is 25.6. The first-order valence-electron chi connectivity index (χ1n) is 47.0. The Morgan fingerprint density at radius 1 is 0.310 bits per heavy atom. The molecule has 8 aromatic rings. The molecule has 0 saturated heterocycles. The normalized spacial score (nSPS) is 14.4. The van der Waals surface area contributed by atoms with E-state index in [0.29, 0.717) is 83.0 Å². The molecule has 0 aromatic heterocycles. The number of alkyl halides is 1. The van der Waals surface area contributed by atoms with Gasteiger partial charge in [-0.2, -0.15) is 0 Å². The molecule has 0 unspecified atom stereocenters. The SMILES string of the molecule is CCCOc1c2cc(C(C)(C)C)cc1C1(Cc3cc(C(C)(C)C)cc1c3OCCC)c1cc(C(C)(C)C)cc(c1OCCC)Cc1cc(C(C)(C)C)cc(c1O)C2.CCCOc1c2cc(C(C)(C)C)cc1C1(Cc3cc(C(C)(C)C)cc1c3OCCC)c1cc(C(C)(C)C)cc(c1OCCC)Cc1cc(C(C)(C)C)cc(c1OCC(C)=O)C2.CCOC(=O)CBr.[H-].[Na+]. The number of esters is 1. The summed E-state index contributed by atoms with van der Waals surface area (Å²) in [6.45, 7) is 75.8. The van der Waals surface area contributed by atoms with E-state index in [1.54, 1.807) is 13.8 Å². The smallest absolute Gasteiger partial charge is 1.00 e. The molecule has 12 rings (SSSR count). The van der Waals surface area contributed by atoms with E-state index in [-0.39, 0.29) is 92.7 Å². The summed E-state index contributed by atoms with van der Waals surface area (Å²) < 4.78 is 53.8. The van der Waals surface area contributed by atoms with Crippen molar-refractivity contribution < 1.29 is 83.6 Å². The van der Waals surface area contributed by atoms with Gasteiger partial charge in [-0.05, 0) is 209 Å². The predicted molar refractivity (Wildman–Crippen MR) is 524 cm³/mol. The minimum atomic E-state index is -0.711. The number of aromatic hydroxyl groups is 1. The second-order valence-electron chi connectivity index (χ2n) is 44.2. The van der Waals surface area contributed by atoms with E-state index in [1.807, 2.05) is 0 Å². The van der Waals surface area contributed by atoms with Crippen molar-refractivity contribution in [1.29, 1.82) is 0 Å². The molecule has 0 atom stereocenters. The topological polar surface area (TPSA) is 128 Å². The molecule has 0 radical (unpaired) electrons. The first-order chi connectivity index (χ1) is 58.3. The third-order valence-electron chi connectivity index (χ3n) is 25.2. The fourth-order valence-corrected chi connectivity index (χ4v) is 18.1. The van der Waals surface area contributed by atoms with Crippen LogP contribution in [0.15, 0.2) is 97.1 Å². The number of ether oxygens (including phenoxy) is 8. The van der Waals surface area contributed by atoms with Crippen LogP contribution in [0.3, 0.4) is 0 Å². The number of carbonyl (C=O) groups excluding carboxylic acids is 2. The van der Waals surface area contributed by atoms with E-state index in [1.165, 1.54) is 66.8 Å². The van der Waals surface area contributed by atoms with Crippen LogP contribution in [0.1, 0.15) is 395 Å². The summed E-state index contributed by atoms with van der Waals surface area (Å²) in [5.74, 6) is 6.60. The fraction of sp³-hybridized carbons (Fsp3) is 0.558. The Morgan fingerprint density at radius 3 is 0.690 bits per heavy atom. The Bertz CT molecular complexity index is 5020. The Balaban J connectivity index is 0.000000288. The van der Waals surface area contributed by atoms with Gasteiger partial charge in [-0.3, -0.25) is 9.59 Å². The molecule has 2 spiro atoms. The van der Waals surface area contributed by atoms with Gasteiger partial charge >= 0.3 is 35.5 Å². The van der Waals surface area contributed by atoms with Crippen LogP contribution in [0.5, 0.6) is 46.0 Å². The van der Waals surface area contributed by atoms with Gasteiger partial charge < -0.3 is 44.4 Å². The van der Waals surface area contributed by atoms with Crippen LogP contribution in [0.25, 0.3) is 0 Å². The Hall–Kier alpha value is -7.22. The number of ketones is 1. The van der Waals surface area contributed by atoms with Crippen molar-refractivity contribution in [3.05, 3.63) is 231 Å². The molecule has 0 heterocycles. The number of phenols is 1. The largest absolute Gasteiger partial charge is 1.00 e. The molecule has 0 aliphatic heterocycles. The van der Waals surface area contributed by atoms with E-state index >= 15 is 0 Å². The molecule has 0 saturated carbocycles. The summed E-state index contributed by atoms with van der Waals surface area (Å²) in [5, 5.41) is 12.7. The average molecular weight is 1790 g/mol. The quantitative estimate of drug-likeness (QED) is 0.0373. The van der Waals surface area contributed by atoms with Crippen LogP contribution in [-0.4, -0.2) is 75.0 Å². The zero-order valence-corrected chi connectivity index (χ0v) is 87.6. The van der Waals surface area contributed by atoms with Crippen molar-refractivity contribution in [3.8, 4) is 46.0 Å². The molecule has 11 nitrogen and oxygen atoms in total. The first kappa shape index (κ1) is 103. The number of fused-ring (bicyclic) bond motifs is 22. The van der Waals surface area contributed by atoms with Crippen molar-refractivity contribution in [2.75, 3.05) is 58.2 Å². The Kier molecular flexibility index (Phi) is 32.7. The summed E-state index contributed by atoms with van der Waals surface area (Å²) in [6, 6.07) is 38.2. The second-order valence-corrected chi connectivity index (χ2v) is 44.8. The van der Waals surface area contributed by atoms with Crippen LogP contribution in [0.4, 0.5) is 0 Å². The maximum atomic E-state index is 12.7. The fourth-order valence-electron chi connectivity index (χ4n) is 18.0. The summed E-state index contributed by atoms with van der Waals surface area (Å²) in [4.78, 5) is 22.9. The number of halogens is 1. The molecular formula is C113H156BrNaO11. The molecule has 0 amide bonds. The van der Waals surface area contributed by atoms with Gasteiger partial charge in [-0.25, -0.2) is 0 Å². The molecule has 16 bridgehead atoms. The van der Waals surface area contributed by atoms with Gasteiger partial charge in [0.05, 0.1) is 57.1 Å². The number of Topliss-reactive ketones (excluding diaryl/α,β-unsaturated/α-hetero) is 1. The van der Waals surface area contributed by atoms with Gasteiger partial charge in [0.2, 0.25) is 0 Å². The number of phenolic OH excluding ortho intramolecular Hbond substituents is 1. The van der Waals surface area contributed by atoms with Crippen LogP contribution >= 0.6 is 15.9 Å².